The second-order valence-electron chi connectivity index (χ2n) is 5.11. The van der Waals surface area contributed by atoms with Crippen LogP contribution in [0.2, 0.25) is 0 Å². The van der Waals surface area contributed by atoms with Gasteiger partial charge in [0, 0.05) is 36.5 Å². The summed E-state index contributed by atoms with van der Waals surface area (Å²) in [6.07, 6.45) is 2.30. The Kier molecular flexibility index (Phi) is 5.63. The van der Waals surface area contributed by atoms with Crippen LogP contribution >= 0.6 is 11.3 Å². The Balaban J connectivity index is 1.73. The van der Waals surface area contributed by atoms with Crippen LogP contribution in [0, 0.1) is 5.92 Å². The molecule has 0 radical (unpaired) electrons. The minimum atomic E-state index is 0.614. The Morgan fingerprint density at radius 1 is 1.56 bits per heavy atom. The van der Waals surface area contributed by atoms with Gasteiger partial charge in [-0.3, -0.25) is 0 Å². The standard InChI is InChI=1S/C14H24N2OS/c1-15-14-6-8-17-11-12(14)10-16(2)7-5-13-4-3-9-18-13/h3-4,9,12,14-15H,5-8,10-11H2,1-2H3. The van der Waals surface area contributed by atoms with E-state index in [4.69, 9.17) is 4.74 Å². The molecular formula is C14H24N2OS. The van der Waals surface area contributed by atoms with Crippen molar-refractivity contribution < 1.29 is 4.74 Å². The molecule has 2 heterocycles. The zero-order chi connectivity index (χ0) is 12.8. The van der Waals surface area contributed by atoms with E-state index < -0.39 is 0 Å². The molecule has 102 valence electrons. The highest BCUT2D eigenvalue weighted by molar-refractivity contribution is 7.09. The van der Waals surface area contributed by atoms with Gasteiger partial charge in [-0.25, -0.2) is 0 Å². The Labute approximate surface area is 114 Å². The molecule has 1 N–H and O–H groups in total. The van der Waals surface area contributed by atoms with Crippen molar-refractivity contribution in [3.8, 4) is 0 Å². The summed E-state index contributed by atoms with van der Waals surface area (Å²) in [5.41, 5.74) is 0. The molecule has 2 rings (SSSR count). The average molecular weight is 268 g/mol. The fourth-order valence-corrected chi connectivity index (χ4v) is 3.30. The summed E-state index contributed by atoms with van der Waals surface area (Å²) < 4.78 is 5.60. The molecule has 3 nitrogen and oxygen atoms in total. The highest BCUT2D eigenvalue weighted by Gasteiger charge is 2.25. The van der Waals surface area contributed by atoms with Crippen molar-refractivity contribution >= 4 is 11.3 Å². The number of thiophene rings is 1. The van der Waals surface area contributed by atoms with Crippen molar-refractivity contribution in [2.75, 3.05) is 40.4 Å². The van der Waals surface area contributed by atoms with Crippen molar-refractivity contribution in [3.63, 3.8) is 0 Å². The van der Waals surface area contributed by atoms with E-state index in [0.29, 0.717) is 12.0 Å². The highest BCUT2D eigenvalue weighted by Crippen LogP contribution is 2.16. The molecule has 1 aliphatic heterocycles. The molecule has 1 saturated heterocycles. The first kappa shape index (κ1) is 14.0. The van der Waals surface area contributed by atoms with Gasteiger partial charge in [0.05, 0.1) is 6.61 Å². The SMILES string of the molecule is CNC1CCOCC1CN(C)CCc1cccs1. The number of rotatable bonds is 6. The number of ether oxygens (including phenoxy) is 1. The van der Waals surface area contributed by atoms with E-state index in [9.17, 15) is 0 Å². The summed E-state index contributed by atoms with van der Waals surface area (Å²) in [5, 5.41) is 5.58. The second kappa shape index (κ2) is 7.24. The van der Waals surface area contributed by atoms with E-state index in [1.807, 2.05) is 11.3 Å². The molecule has 0 amide bonds. The van der Waals surface area contributed by atoms with Gasteiger partial charge in [0.2, 0.25) is 0 Å². The Bertz CT molecular complexity index is 329. The molecule has 2 unspecified atom stereocenters. The van der Waals surface area contributed by atoms with Gasteiger partial charge in [0.1, 0.15) is 0 Å². The molecule has 1 fully saturated rings. The lowest BCUT2D eigenvalue weighted by Crippen LogP contribution is -2.46. The van der Waals surface area contributed by atoms with Crippen LogP contribution in [0.3, 0.4) is 0 Å². The molecule has 4 heteroatoms. The van der Waals surface area contributed by atoms with Crippen molar-refractivity contribution in [2.24, 2.45) is 5.92 Å². The minimum Gasteiger partial charge on any atom is -0.381 e. The smallest absolute Gasteiger partial charge is 0.0521 e. The first-order valence-corrected chi connectivity index (χ1v) is 7.63. The maximum Gasteiger partial charge on any atom is 0.0521 e. The predicted octanol–water partition coefficient (Wildman–Crippen LogP) is 1.85. The van der Waals surface area contributed by atoms with Crippen LogP contribution in [0.1, 0.15) is 11.3 Å². The largest absolute Gasteiger partial charge is 0.381 e. The molecule has 1 aromatic rings. The van der Waals surface area contributed by atoms with Gasteiger partial charge in [-0.1, -0.05) is 6.07 Å². The summed E-state index contributed by atoms with van der Waals surface area (Å²) >= 11 is 1.85. The van der Waals surface area contributed by atoms with Crippen LogP contribution in [-0.2, 0) is 11.2 Å². The summed E-state index contributed by atoms with van der Waals surface area (Å²) in [6.45, 7) is 4.06. The molecule has 0 aromatic carbocycles. The highest BCUT2D eigenvalue weighted by atomic mass is 32.1. The van der Waals surface area contributed by atoms with Crippen LogP contribution in [-0.4, -0.2) is 51.3 Å². The maximum atomic E-state index is 5.60. The first-order chi connectivity index (χ1) is 8.79. The van der Waals surface area contributed by atoms with Crippen LogP contribution in [0.15, 0.2) is 17.5 Å². The van der Waals surface area contributed by atoms with Crippen LogP contribution in [0.5, 0.6) is 0 Å². The van der Waals surface area contributed by atoms with Crippen molar-refractivity contribution in [2.45, 2.75) is 18.9 Å². The number of nitrogens with one attached hydrogen (secondary N) is 1. The van der Waals surface area contributed by atoms with E-state index in [1.54, 1.807) is 0 Å². The number of nitrogens with zero attached hydrogens (tertiary/aromatic N) is 1. The van der Waals surface area contributed by atoms with Gasteiger partial charge < -0.3 is 15.0 Å². The molecule has 2 atom stereocenters. The molecule has 18 heavy (non-hydrogen) atoms. The Morgan fingerprint density at radius 3 is 3.17 bits per heavy atom. The topological polar surface area (TPSA) is 24.5 Å². The van der Waals surface area contributed by atoms with Gasteiger partial charge in [-0.05, 0) is 38.4 Å². The Hall–Kier alpha value is -0.420. The third-order valence-electron chi connectivity index (χ3n) is 3.71. The normalized spacial score (nSPS) is 24.6. The first-order valence-electron chi connectivity index (χ1n) is 6.75. The number of hydrogen-bond donors (Lipinski definition) is 1. The Morgan fingerprint density at radius 2 is 2.44 bits per heavy atom. The van der Waals surface area contributed by atoms with E-state index in [1.165, 1.54) is 4.88 Å². The average Bonchev–Trinajstić information content (AvgIpc) is 2.90. The van der Waals surface area contributed by atoms with Crippen LogP contribution in [0.4, 0.5) is 0 Å². The van der Waals surface area contributed by atoms with Crippen molar-refractivity contribution in [1.29, 1.82) is 0 Å². The summed E-state index contributed by atoms with van der Waals surface area (Å²) in [5.74, 6) is 0.622. The number of likely N-dealkylation sites (N-methyl/N-ethyl adjacent to an activating group) is 1. The zero-order valence-electron chi connectivity index (χ0n) is 11.4. The molecule has 0 spiro atoms. The van der Waals surface area contributed by atoms with Crippen LogP contribution in [0.25, 0.3) is 0 Å². The van der Waals surface area contributed by atoms with Gasteiger partial charge in [-0.2, -0.15) is 0 Å². The minimum absolute atomic E-state index is 0.614. The molecule has 0 saturated carbocycles. The third kappa shape index (κ3) is 4.05. The fourth-order valence-electron chi connectivity index (χ4n) is 2.60. The van der Waals surface area contributed by atoms with Crippen molar-refractivity contribution in [1.82, 2.24) is 10.2 Å². The summed E-state index contributed by atoms with van der Waals surface area (Å²) in [6, 6.07) is 4.97. The van der Waals surface area contributed by atoms with Gasteiger partial charge >= 0.3 is 0 Å². The van der Waals surface area contributed by atoms with Crippen molar-refractivity contribution in [3.05, 3.63) is 22.4 Å². The summed E-state index contributed by atoms with van der Waals surface area (Å²) in [4.78, 5) is 3.91. The predicted molar refractivity (Wildman–Crippen MR) is 77.3 cm³/mol. The molecule has 0 bridgehead atoms. The second-order valence-corrected chi connectivity index (χ2v) is 6.14. The monoisotopic (exact) mass is 268 g/mol. The fraction of sp³-hybridized carbons (Fsp3) is 0.714. The van der Waals surface area contributed by atoms with Gasteiger partial charge in [0.15, 0.2) is 0 Å². The maximum absolute atomic E-state index is 5.60. The van der Waals surface area contributed by atoms with E-state index >= 15 is 0 Å². The lowest BCUT2D eigenvalue weighted by Gasteiger charge is -2.34. The van der Waals surface area contributed by atoms with Gasteiger partial charge in [0.25, 0.3) is 0 Å². The molecule has 1 aliphatic rings. The van der Waals surface area contributed by atoms with E-state index in [0.717, 1.165) is 39.1 Å². The van der Waals surface area contributed by atoms with Gasteiger partial charge in [-0.15, -0.1) is 11.3 Å². The number of hydrogen-bond acceptors (Lipinski definition) is 4. The summed E-state index contributed by atoms with van der Waals surface area (Å²) in [7, 11) is 4.28. The molecule has 0 aliphatic carbocycles. The molecular weight excluding hydrogens is 244 g/mol. The van der Waals surface area contributed by atoms with E-state index in [-0.39, 0.29) is 0 Å². The molecule has 1 aromatic heterocycles. The third-order valence-corrected chi connectivity index (χ3v) is 4.65. The quantitative estimate of drug-likeness (QED) is 0.852. The zero-order valence-corrected chi connectivity index (χ0v) is 12.2. The lowest BCUT2D eigenvalue weighted by atomic mass is 9.95. The lowest BCUT2D eigenvalue weighted by molar-refractivity contribution is 0.0218. The van der Waals surface area contributed by atoms with Crippen LogP contribution < -0.4 is 5.32 Å². The van der Waals surface area contributed by atoms with E-state index in [2.05, 4.69) is 41.8 Å².